The van der Waals surface area contributed by atoms with E-state index in [4.69, 9.17) is 14.9 Å². The molecule has 0 aromatic carbocycles. The lowest BCUT2D eigenvalue weighted by Crippen LogP contribution is -2.33. The summed E-state index contributed by atoms with van der Waals surface area (Å²) >= 11 is 0. The first-order valence-electron chi connectivity index (χ1n) is 7.66. The number of rotatable bonds is 6. The molecule has 0 saturated heterocycles. The molecule has 2 atom stereocenters. The van der Waals surface area contributed by atoms with Crippen molar-refractivity contribution in [1.29, 1.82) is 0 Å². The van der Waals surface area contributed by atoms with Gasteiger partial charge in [0.2, 0.25) is 11.8 Å². The Morgan fingerprint density at radius 2 is 2.00 bits per heavy atom. The van der Waals surface area contributed by atoms with Gasteiger partial charge in [0, 0.05) is 18.0 Å². The molecule has 0 saturated carbocycles. The normalized spacial score (nSPS) is 14.2. The van der Waals surface area contributed by atoms with Crippen LogP contribution < -0.4 is 5.73 Å². The molecule has 0 spiro atoms. The summed E-state index contributed by atoms with van der Waals surface area (Å²) in [5, 5.41) is 18.2. The lowest BCUT2D eigenvalue weighted by atomic mass is 9.98. The zero-order valence-electron chi connectivity index (χ0n) is 14.0. The Labute approximate surface area is 140 Å². The van der Waals surface area contributed by atoms with Crippen molar-refractivity contribution in [2.45, 2.75) is 38.9 Å². The molecule has 2 aromatic rings. The molecule has 2 unspecified atom stereocenters. The molecule has 0 radical (unpaired) electrons. The van der Waals surface area contributed by atoms with Crippen LogP contribution in [-0.2, 0) is 9.53 Å². The number of hydrogen-bond donors (Lipinski definition) is 2. The summed E-state index contributed by atoms with van der Waals surface area (Å²) in [5.41, 5.74) is 5.55. The Morgan fingerprint density at radius 3 is 2.58 bits per heavy atom. The number of aliphatic hydroxyl groups is 1. The number of nitrogens with zero attached hydrogens (tertiary/aromatic N) is 3. The third-order valence-corrected chi connectivity index (χ3v) is 3.19. The van der Waals surface area contributed by atoms with E-state index >= 15 is 0 Å². The van der Waals surface area contributed by atoms with Gasteiger partial charge in [-0.2, -0.15) is 0 Å². The number of carbonyl (C=O) groups excluding carboxylic acids is 1. The predicted octanol–water partition coefficient (Wildman–Crippen LogP) is 1.47. The maximum absolute atomic E-state index is 12.3. The van der Waals surface area contributed by atoms with Crippen LogP contribution in [0.15, 0.2) is 28.9 Å². The molecule has 0 aliphatic heterocycles. The minimum atomic E-state index is -1.29. The molecule has 130 valence electrons. The van der Waals surface area contributed by atoms with Crippen molar-refractivity contribution in [1.82, 2.24) is 15.2 Å². The first-order valence-corrected chi connectivity index (χ1v) is 7.66. The summed E-state index contributed by atoms with van der Waals surface area (Å²) < 4.78 is 10.8. The smallest absolute Gasteiger partial charge is 0.312 e. The van der Waals surface area contributed by atoms with Crippen LogP contribution in [0.2, 0.25) is 0 Å². The Bertz CT molecular complexity index is 666. The molecule has 8 heteroatoms. The van der Waals surface area contributed by atoms with Crippen LogP contribution >= 0.6 is 0 Å². The van der Waals surface area contributed by atoms with E-state index in [1.807, 2.05) is 0 Å². The molecule has 0 amide bonds. The van der Waals surface area contributed by atoms with Crippen molar-refractivity contribution in [3.63, 3.8) is 0 Å². The van der Waals surface area contributed by atoms with Crippen LogP contribution in [0.4, 0.5) is 0 Å². The molecule has 8 nitrogen and oxygen atoms in total. The molecule has 0 fully saturated rings. The summed E-state index contributed by atoms with van der Waals surface area (Å²) in [6, 6.07) is 3.41. The average Bonchev–Trinajstić information content (AvgIpc) is 3.01. The van der Waals surface area contributed by atoms with Crippen molar-refractivity contribution in [2.75, 3.05) is 6.54 Å². The van der Waals surface area contributed by atoms with Gasteiger partial charge >= 0.3 is 5.97 Å². The monoisotopic (exact) mass is 334 g/mol. The van der Waals surface area contributed by atoms with E-state index in [1.165, 1.54) is 0 Å². The van der Waals surface area contributed by atoms with Crippen molar-refractivity contribution in [3.05, 3.63) is 30.4 Å². The Hall–Kier alpha value is -2.32. The van der Waals surface area contributed by atoms with Crippen LogP contribution in [0.1, 0.15) is 39.2 Å². The highest BCUT2D eigenvalue weighted by atomic mass is 16.6. The lowest BCUT2D eigenvalue weighted by Gasteiger charge is -2.25. The second kappa shape index (κ2) is 7.50. The second-order valence-corrected chi connectivity index (χ2v) is 6.34. The fraction of sp³-hybridized carbons (Fsp3) is 0.500. The molecular formula is C16H22N4O4. The number of carbonyl (C=O) groups is 1. The predicted molar refractivity (Wildman–Crippen MR) is 85.5 cm³/mol. The minimum Gasteiger partial charge on any atom is -0.460 e. The summed E-state index contributed by atoms with van der Waals surface area (Å²) in [6.07, 6.45) is 2.14. The first kappa shape index (κ1) is 18.0. The van der Waals surface area contributed by atoms with Crippen molar-refractivity contribution in [2.24, 2.45) is 11.7 Å². The van der Waals surface area contributed by atoms with E-state index in [1.54, 1.807) is 45.3 Å². The highest BCUT2D eigenvalue weighted by Crippen LogP contribution is 2.28. The molecule has 2 rings (SSSR count). The van der Waals surface area contributed by atoms with Crippen LogP contribution in [0, 0.1) is 5.92 Å². The zero-order chi connectivity index (χ0) is 17.7. The second-order valence-electron chi connectivity index (χ2n) is 6.34. The standard InChI is InChI=1S/C16H22N4O4/c1-16(2,3)24-15(22)11(4-7-17)12(21)14-20-19-13(23-14)10-5-8-18-9-6-10/h5-6,8-9,11-12,21H,4,7,17H2,1-3H3. The highest BCUT2D eigenvalue weighted by Gasteiger charge is 2.34. The SMILES string of the molecule is CC(C)(C)OC(=O)C(CCN)C(O)c1nnc(-c2ccncc2)o1. The number of nitrogens with two attached hydrogens (primary N) is 1. The van der Waals surface area contributed by atoms with E-state index < -0.39 is 23.6 Å². The van der Waals surface area contributed by atoms with E-state index in [-0.39, 0.29) is 24.7 Å². The molecule has 0 aliphatic rings. The van der Waals surface area contributed by atoms with Crippen LogP contribution in [0.5, 0.6) is 0 Å². The zero-order valence-corrected chi connectivity index (χ0v) is 14.0. The maximum Gasteiger partial charge on any atom is 0.312 e. The van der Waals surface area contributed by atoms with Gasteiger partial charge in [-0.05, 0) is 45.9 Å². The molecular weight excluding hydrogens is 312 g/mol. The number of aliphatic hydroxyl groups excluding tert-OH is 1. The van der Waals surface area contributed by atoms with E-state index in [9.17, 15) is 9.90 Å². The van der Waals surface area contributed by atoms with E-state index in [0.29, 0.717) is 5.56 Å². The van der Waals surface area contributed by atoms with Gasteiger partial charge in [-0.25, -0.2) is 0 Å². The molecule has 2 aromatic heterocycles. The summed E-state index contributed by atoms with van der Waals surface area (Å²) in [5.74, 6) is -1.24. The van der Waals surface area contributed by atoms with Crippen molar-refractivity contribution in [3.8, 4) is 11.5 Å². The lowest BCUT2D eigenvalue weighted by molar-refractivity contribution is -0.165. The topological polar surface area (TPSA) is 124 Å². The minimum absolute atomic E-state index is 0.0499. The Kier molecular flexibility index (Phi) is 5.63. The molecule has 24 heavy (non-hydrogen) atoms. The number of aromatic nitrogens is 3. The van der Waals surface area contributed by atoms with Crippen molar-refractivity contribution < 1.29 is 19.1 Å². The highest BCUT2D eigenvalue weighted by molar-refractivity contribution is 5.73. The van der Waals surface area contributed by atoms with Gasteiger partial charge in [-0.15, -0.1) is 10.2 Å². The van der Waals surface area contributed by atoms with Crippen LogP contribution in [0.3, 0.4) is 0 Å². The maximum atomic E-state index is 12.3. The Morgan fingerprint density at radius 1 is 1.33 bits per heavy atom. The Balaban J connectivity index is 2.19. The summed E-state index contributed by atoms with van der Waals surface area (Å²) in [6.45, 7) is 5.48. The first-order chi connectivity index (χ1) is 11.3. The number of pyridine rings is 1. The van der Waals surface area contributed by atoms with Gasteiger partial charge in [0.05, 0.1) is 5.92 Å². The van der Waals surface area contributed by atoms with Gasteiger partial charge in [-0.1, -0.05) is 0 Å². The summed E-state index contributed by atoms with van der Waals surface area (Å²) in [7, 11) is 0. The molecule has 2 heterocycles. The van der Waals surface area contributed by atoms with Crippen LogP contribution in [-0.4, -0.2) is 38.4 Å². The number of ether oxygens (including phenoxy) is 1. The quantitative estimate of drug-likeness (QED) is 0.761. The number of esters is 1. The average molecular weight is 334 g/mol. The van der Waals surface area contributed by atoms with Gasteiger partial charge in [0.25, 0.3) is 0 Å². The van der Waals surface area contributed by atoms with Gasteiger partial charge in [-0.3, -0.25) is 9.78 Å². The largest absolute Gasteiger partial charge is 0.460 e. The van der Waals surface area contributed by atoms with Gasteiger partial charge in [0.1, 0.15) is 11.7 Å². The van der Waals surface area contributed by atoms with Gasteiger partial charge < -0.3 is 20.0 Å². The number of hydrogen-bond acceptors (Lipinski definition) is 8. The fourth-order valence-corrected chi connectivity index (χ4v) is 2.10. The third-order valence-electron chi connectivity index (χ3n) is 3.19. The summed E-state index contributed by atoms with van der Waals surface area (Å²) in [4.78, 5) is 16.2. The van der Waals surface area contributed by atoms with Crippen molar-refractivity contribution >= 4 is 5.97 Å². The fourth-order valence-electron chi connectivity index (χ4n) is 2.10. The van der Waals surface area contributed by atoms with Crippen LogP contribution in [0.25, 0.3) is 11.5 Å². The molecule has 0 bridgehead atoms. The van der Waals surface area contributed by atoms with E-state index in [0.717, 1.165) is 0 Å². The molecule has 0 aliphatic carbocycles. The third kappa shape index (κ3) is 4.59. The molecule has 3 N–H and O–H groups in total. The van der Waals surface area contributed by atoms with E-state index in [2.05, 4.69) is 15.2 Å². The van der Waals surface area contributed by atoms with Gasteiger partial charge in [0.15, 0.2) is 0 Å².